The summed E-state index contributed by atoms with van der Waals surface area (Å²) in [5.74, 6) is -12.8. The van der Waals surface area contributed by atoms with Gasteiger partial charge in [0.1, 0.15) is 75.0 Å². The van der Waals surface area contributed by atoms with Crippen LogP contribution >= 0.6 is 0 Å². The van der Waals surface area contributed by atoms with Gasteiger partial charge in [-0.3, -0.25) is 24.3 Å². The Bertz CT molecular complexity index is 6440. The van der Waals surface area contributed by atoms with Crippen molar-refractivity contribution in [2.75, 3.05) is 26.2 Å². The van der Waals surface area contributed by atoms with E-state index in [-0.39, 0.29) is 94.9 Å². The highest BCUT2D eigenvalue weighted by atomic mass is 19.3. The third-order valence-electron chi connectivity index (χ3n) is 25.3. The van der Waals surface area contributed by atoms with Gasteiger partial charge in [0, 0.05) is 157 Å². The normalized spacial score (nSPS) is 18.5. The van der Waals surface area contributed by atoms with E-state index in [1.54, 1.807) is 98.2 Å². The van der Waals surface area contributed by atoms with Crippen molar-refractivity contribution >= 4 is 48.2 Å². The largest absolute Gasteiger partial charge is 0.478 e. The summed E-state index contributed by atoms with van der Waals surface area (Å²) in [6.45, 7) is 9.68. The first kappa shape index (κ1) is 110. The van der Waals surface area contributed by atoms with E-state index >= 15 is 39.5 Å². The van der Waals surface area contributed by atoms with Gasteiger partial charge in [-0.05, 0) is 277 Å². The topological polar surface area (TPSA) is 233 Å². The predicted molar refractivity (Wildman–Crippen MR) is 515 cm³/mol. The van der Waals surface area contributed by atoms with E-state index in [1.807, 2.05) is 27.7 Å². The van der Waals surface area contributed by atoms with Crippen LogP contribution in [0.3, 0.4) is 0 Å². The molecule has 8 aromatic carbocycles. The molecule has 16 rings (SSSR count). The summed E-state index contributed by atoms with van der Waals surface area (Å²) in [6, 6.07) is 21.4. The number of carbonyl (C=O) groups is 4. The van der Waals surface area contributed by atoms with Gasteiger partial charge in [0.15, 0.2) is 0 Å². The molecule has 8 atom stereocenters. The summed E-state index contributed by atoms with van der Waals surface area (Å²) < 4.78 is 279. The number of carboxylic acids is 4. The molecule has 778 valence electrons. The number of nitrogens with zero attached hydrogens (tertiary/aromatic N) is 12. The van der Waals surface area contributed by atoms with E-state index in [0.29, 0.717) is 112 Å². The zero-order chi connectivity index (χ0) is 108. The Hall–Kier alpha value is -14.1. The van der Waals surface area contributed by atoms with Gasteiger partial charge in [0.25, 0.3) is 0 Å². The van der Waals surface area contributed by atoms with Gasteiger partial charge in [-0.25, -0.2) is 90.3 Å². The third-order valence-corrected chi connectivity index (χ3v) is 25.3. The number of aromatic nitrogens is 8. The minimum absolute atomic E-state index is 0.0238. The lowest BCUT2D eigenvalue weighted by Gasteiger charge is -2.44. The fourth-order valence-electron chi connectivity index (χ4n) is 19.3. The van der Waals surface area contributed by atoms with E-state index in [0.717, 1.165) is 114 Å². The summed E-state index contributed by atoms with van der Waals surface area (Å²) in [6.07, 6.45) is 20.0. The Morgan fingerprint density at radius 2 is 0.551 bits per heavy atom. The molecule has 0 amide bonds. The van der Waals surface area contributed by atoms with Crippen molar-refractivity contribution in [3.8, 4) is 44.5 Å². The average molecular weight is 2060 g/mol. The molecule has 4 N–H and O–H groups in total. The molecule has 20 nitrogen and oxygen atoms in total. The first-order valence-corrected chi connectivity index (χ1v) is 46.4. The van der Waals surface area contributed by atoms with Crippen LogP contribution in [0.1, 0.15) is 216 Å². The number of aryl methyl sites for hydroxylation is 1. The van der Waals surface area contributed by atoms with Crippen molar-refractivity contribution in [1.29, 1.82) is 0 Å². The number of alkyl halides is 10. The molecule has 39 heteroatoms. The van der Waals surface area contributed by atoms with Gasteiger partial charge in [-0.15, -0.1) is 0 Å². The van der Waals surface area contributed by atoms with Crippen LogP contribution in [0.25, 0.3) is 68.8 Å². The Morgan fingerprint density at radius 3 is 0.762 bits per heavy atom. The fraction of sp³-hybridized carbons (Fsp3) is 0.333. The molecule has 0 radical (unpaired) electrons. The van der Waals surface area contributed by atoms with Gasteiger partial charge in [0.2, 0.25) is 0 Å². The van der Waals surface area contributed by atoms with Crippen molar-refractivity contribution in [2.24, 2.45) is 7.05 Å². The number of rotatable bonds is 27. The summed E-state index contributed by atoms with van der Waals surface area (Å²) in [4.78, 5) is 50.0. The van der Waals surface area contributed by atoms with Crippen molar-refractivity contribution in [2.45, 2.75) is 199 Å². The van der Waals surface area contributed by atoms with Crippen LogP contribution in [0.4, 0.5) is 83.4 Å². The zero-order valence-electron chi connectivity index (χ0n) is 81.7. The molecule has 12 aromatic rings. The van der Waals surface area contributed by atoms with E-state index in [1.165, 1.54) is 105 Å². The molecule has 0 fully saturated rings. The highest BCUT2D eigenvalue weighted by Gasteiger charge is 2.46. The first-order chi connectivity index (χ1) is 68.8. The minimum Gasteiger partial charge on any atom is -0.478 e. The second-order valence-corrected chi connectivity index (χ2v) is 39.3. The predicted octanol–water partition coefficient (Wildman–Crippen LogP) is 24.9. The van der Waals surface area contributed by atoms with Gasteiger partial charge >= 0.3 is 43.5 Å². The SMILES string of the molecule is CC1Cc2cc(-c3cnn(C(F)F)c3)ccc2C(c2c(F)cc(/C=C/C(=O)O)cc2F)N1CC(C)(C)F.CC1Cc2cc(-c3cnn(C)c3)c(F)cc2C(c2c(F)cc(/C=C/C(=O)O)cc2F)N1CC(C)(C)F.C[C@@H]1Cc2cc(-c3cnn(C(F)F)c3)ccc2[C@@H](c2c(F)cc(/C=C/C(=O)O)cc2F)N1CC(C)(C)F.C[C@H]1Cc2cc(-c3cnn(C(F)F)c3)ccc2[C@H](c2c(F)cc(/C=C/C(=O)O)cc2F)N1CC(C)(C)F. The molecule has 8 heterocycles. The minimum atomic E-state index is -2.78. The van der Waals surface area contributed by atoms with E-state index in [9.17, 15) is 63.1 Å². The molecule has 147 heavy (non-hydrogen) atoms. The van der Waals surface area contributed by atoms with Crippen molar-refractivity contribution in [1.82, 2.24) is 58.7 Å². The van der Waals surface area contributed by atoms with E-state index < -0.39 is 143 Å². The van der Waals surface area contributed by atoms with Crippen LogP contribution in [0, 0.1) is 52.4 Å². The Morgan fingerprint density at radius 1 is 0.320 bits per heavy atom. The number of carboxylic acid groups (broad SMARTS) is 4. The van der Waals surface area contributed by atoms with Crippen LogP contribution in [-0.4, -0.2) is 176 Å². The third kappa shape index (κ3) is 26.7. The van der Waals surface area contributed by atoms with E-state index in [2.05, 4.69) is 20.4 Å². The molecule has 0 bridgehead atoms. The molecule has 4 aromatic heterocycles. The number of halogens is 19. The maximum Gasteiger partial charge on any atom is 0.333 e. The standard InChI is InChI=1S/3C27H26F5N3O2.C27H27F4N3O2/c3*1-15-8-18-11-17(19-12-33-35(13-19)26(30)31)5-6-20(18)25(34(15)14-27(2,3)32)24-21(28)9-16(10-22(24)29)4-7-23(36)37;1-15-7-17-10-19(18-12-32-33(4)13-18)21(28)11-20(17)26(34(15)14-27(2,3)31)25-22(29)8-16(9-23(25)30)5-6-24(35)36/h3*4-7,9-13,15,25-26H,8,14H2,1-3H3,(H,36,37);5-6,8-13,15,26H,7,14H2,1-4H3,(H,35,36)/b3*7-4+;6-5+/t2*15-,25+;;/m10../s1. The molecule has 0 saturated heterocycles. The van der Waals surface area contributed by atoms with E-state index in [4.69, 9.17) is 20.4 Å². The van der Waals surface area contributed by atoms with Gasteiger partial charge < -0.3 is 20.4 Å². The Balaban J connectivity index is 0.000000164. The highest BCUT2D eigenvalue weighted by Crippen LogP contribution is 2.50. The highest BCUT2D eigenvalue weighted by molar-refractivity contribution is 5.87. The lowest BCUT2D eigenvalue weighted by Crippen LogP contribution is -2.48. The van der Waals surface area contributed by atoms with Crippen LogP contribution < -0.4 is 0 Å². The fourth-order valence-corrected chi connectivity index (χ4v) is 19.3. The van der Waals surface area contributed by atoms with Crippen molar-refractivity contribution in [3.63, 3.8) is 0 Å². The van der Waals surface area contributed by atoms with Gasteiger partial charge in [-0.2, -0.15) is 46.7 Å². The lowest BCUT2D eigenvalue weighted by atomic mass is 9.82. The average Bonchev–Trinajstić information content (AvgIpc) is 1.62. The Kier molecular flexibility index (Phi) is 33.5. The van der Waals surface area contributed by atoms with Crippen LogP contribution in [-0.2, 0) is 51.9 Å². The maximum atomic E-state index is 15.4. The summed E-state index contributed by atoms with van der Waals surface area (Å²) in [7, 11) is 1.72. The van der Waals surface area contributed by atoms with Crippen LogP contribution in [0.15, 0.2) is 189 Å². The molecular formula is C108H105F19N12O8. The Labute approximate surface area is 833 Å². The smallest absolute Gasteiger partial charge is 0.333 e. The number of benzene rings is 8. The number of hydrogen-bond acceptors (Lipinski definition) is 12. The zero-order valence-corrected chi connectivity index (χ0v) is 81.7. The number of aliphatic carboxylic acids is 4. The van der Waals surface area contributed by atoms with Crippen molar-refractivity contribution in [3.05, 3.63) is 331 Å². The quantitative estimate of drug-likeness (QED) is 0.0277. The van der Waals surface area contributed by atoms with Crippen molar-refractivity contribution < 1.29 is 123 Å². The summed E-state index contributed by atoms with van der Waals surface area (Å²) >= 11 is 0. The number of hydrogen-bond donors (Lipinski definition) is 4. The summed E-state index contributed by atoms with van der Waals surface area (Å²) in [5, 5.41) is 50.4. The molecule has 0 saturated carbocycles. The molecule has 4 aliphatic heterocycles. The molecule has 0 aliphatic carbocycles. The maximum absolute atomic E-state index is 15.4. The van der Waals surface area contributed by atoms with Gasteiger partial charge in [0.05, 0.1) is 49.0 Å². The molecule has 0 spiro atoms. The molecule has 4 unspecified atom stereocenters. The molecule has 4 aliphatic rings. The summed E-state index contributed by atoms with van der Waals surface area (Å²) in [5.41, 5.74) is 1.45. The monoisotopic (exact) mass is 2060 g/mol. The second kappa shape index (κ2) is 44.7. The number of fused-ring (bicyclic) bond motifs is 4. The lowest BCUT2D eigenvalue weighted by molar-refractivity contribution is -0.132. The van der Waals surface area contributed by atoms with Crippen LogP contribution in [0.5, 0.6) is 0 Å². The van der Waals surface area contributed by atoms with Crippen LogP contribution in [0.2, 0.25) is 0 Å². The second-order valence-electron chi connectivity index (χ2n) is 39.3. The first-order valence-electron chi connectivity index (χ1n) is 46.4. The van der Waals surface area contributed by atoms with Gasteiger partial charge in [-0.1, -0.05) is 54.6 Å². The molecular weight excluding hydrogens is 1950 g/mol.